The van der Waals surface area contributed by atoms with E-state index in [9.17, 15) is 18.0 Å². The van der Waals surface area contributed by atoms with Gasteiger partial charge in [0.05, 0.1) is 6.54 Å². The number of hydrogen-bond acceptors (Lipinski definition) is 5. The highest BCUT2D eigenvalue weighted by atomic mass is 19.4. The summed E-state index contributed by atoms with van der Waals surface area (Å²) in [4.78, 5) is 12.2. The number of hydrogen-bond donors (Lipinski definition) is 2. The summed E-state index contributed by atoms with van der Waals surface area (Å²) in [6, 6.07) is 6.68. The topological polar surface area (TPSA) is 84.2 Å². The van der Waals surface area contributed by atoms with Gasteiger partial charge in [0.2, 0.25) is 5.91 Å². The molecule has 0 atom stereocenters. The Bertz CT molecular complexity index is 989. The number of carbonyl (C=O) groups is 1. The molecule has 27 heavy (non-hydrogen) atoms. The molecule has 0 bridgehead atoms. The van der Waals surface area contributed by atoms with Gasteiger partial charge in [0.25, 0.3) is 5.82 Å². The maximum absolute atomic E-state index is 12.9. The van der Waals surface area contributed by atoms with E-state index in [2.05, 4.69) is 25.9 Å². The van der Waals surface area contributed by atoms with E-state index in [4.69, 9.17) is 0 Å². The minimum Gasteiger partial charge on any atom is -0.360 e. The number of aromatic nitrogens is 4. The summed E-state index contributed by atoms with van der Waals surface area (Å²) < 4.78 is 39.3. The number of amides is 1. The largest absolute Gasteiger partial charge is 0.453 e. The number of rotatable bonds is 4. The molecule has 0 saturated heterocycles. The first-order valence-corrected chi connectivity index (χ1v) is 8.06. The van der Waals surface area contributed by atoms with Crippen molar-refractivity contribution < 1.29 is 18.0 Å². The number of nitrogens with one attached hydrogen (secondary N) is 2. The van der Waals surface area contributed by atoms with E-state index in [1.54, 1.807) is 0 Å². The predicted octanol–water partition coefficient (Wildman–Crippen LogP) is 3.12. The van der Waals surface area contributed by atoms with Crippen molar-refractivity contribution in [2.24, 2.45) is 0 Å². The fraction of sp³-hybridized carbons (Fsp3) is 0.294. The summed E-state index contributed by atoms with van der Waals surface area (Å²) >= 11 is 0. The molecule has 2 aromatic heterocycles. The number of benzene rings is 1. The molecule has 0 spiro atoms. The van der Waals surface area contributed by atoms with Crippen molar-refractivity contribution >= 4 is 23.1 Å². The van der Waals surface area contributed by atoms with Crippen LogP contribution in [-0.2, 0) is 11.0 Å². The van der Waals surface area contributed by atoms with Gasteiger partial charge in [-0.2, -0.15) is 17.7 Å². The molecule has 142 valence electrons. The van der Waals surface area contributed by atoms with Crippen molar-refractivity contribution in [2.45, 2.75) is 26.9 Å². The van der Waals surface area contributed by atoms with Gasteiger partial charge in [-0.3, -0.25) is 4.79 Å². The molecule has 0 radical (unpaired) electrons. The van der Waals surface area contributed by atoms with Crippen LogP contribution in [0.5, 0.6) is 0 Å². The Kier molecular flexibility index (Phi) is 4.73. The van der Waals surface area contributed by atoms with Crippen LogP contribution in [0.4, 0.5) is 24.7 Å². The van der Waals surface area contributed by atoms with Gasteiger partial charge >= 0.3 is 6.18 Å². The molecule has 1 amide bonds. The molecular weight excluding hydrogens is 361 g/mol. The molecule has 0 aliphatic rings. The normalized spacial score (nSPS) is 11.6. The molecule has 0 unspecified atom stereocenters. The van der Waals surface area contributed by atoms with Crippen molar-refractivity contribution in [1.82, 2.24) is 19.8 Å². The van der Waals surface area contributed by atoms with Gasteiger partial charge < -0.3 is 10.6 Å². The number of anilines is 2. The smallest absolute Gasteiger partial charge is 0.360 e. The Morgan fingerprint density at radius 1 is 1.11 bits per heavy atom. The third-order valence-electron chi connectivity index (χ3n) is 3.89. The molecule has 2 N–H and O–H groups in total. The molecule has 0 saturated carbocycles. The lowest BCUT2D eigenvalue weighted by Crippen LogP contribution is -2.23. The summed E-state index contributed by atoms with van der Waals surface area (Å²) in [7, 11) is 0. The molecule has 0 aliphatic heterocycles. The Hall–Kier alpha value is -3.17. The maximum atomic E-state index is 12.9. The highest BCUT2D eigenvalue weighted by Gasteiger charge is 2.37. The van der Waals surface area contributed by atoms with Crippen LogP contribution in [0.3, 0.4) is 0 Å². The lowest BCUT2D eigenvalue weighted by molar-refractivity contribution is -0.146. The maximum Gasteiger partial charge on any atom is 0.453 e. The zero-order valence-corrected chi connectivity index (χ0v) is 14.8. The number of nitrogens with zero attached hydrogens (tertiary/aromatic N) is 4. The summed E-state index contributed by atoms with van der Waals surface area (Å²) in [5, 5.41) is 15.9. The van der Waals surface area contributed by atoms with Crippen molar-refractivity contribution in [3.05, 3.63) is 46.8 Å². The summed E-state index contributed by atoms with van der Waals surface area (Å²) in [5.74, 6) is -1.47. The van der Waals surface area contributed by atoms with Crippen LogP contribution in [0.15, 0.2) is 24.3 Å². The van der Waals surface area contributed by atoms with Crippen LogP contribution in [0, 0.1) is 20.8 Å². The average molecular weight is 378 g/mol. The minimum atomic E-state index is -4.68. The number of aryl methyl sites for hydroxylation is 3. The molecule has 3 rings (SSSR count). The number of carbonyl (C=O) groups excluding carboxylic acids is 1. The lowest BCUT2D eigenvalue weighted by atomic mass is 10.1. The monoisotopic (exact) mass is 378 g/mol. The zero-order valence-electron chi connectivity index (χ0n) is 14.8. The molecule has 0 fully saturated rings. The Labute approximate surface area is 152 Å². The third-order valence-corrected chi connectivity index (χ3v) is 3.89. The second-order valence-electron chi connectivity index (χ2n) is 6.19. The lowest BCUT2D eigenvalue weighted by Gasteiger charge is -2.13. The van der Waals surface area contributed by atoms with Gasteiger partial charge in [-0.25, -0.2) is 0 Å². The van der Waals surface area contributed by atoms with Gasteiger partial charge in [0.1, 0.15) is 5.82 Å². The first-order valence-electron chi connectivity index (χ1n) is 8.06. The fourth-order valence-electron chi connectivity index (χ4n) is 2.79. The Morgan fingerprint density at radius 2 is 1.78 bits per heavy atom. The van der Waals surface area contributed by atoms with E-state index >= 15 is 0 Å². The van der Waals surface area contributed by atoms with Crippen LogP contribution in [0.2, 0.25) is 0 Å². The van der Waals surface area contributed by atoms with E-state index in [1.165, 1.54) is 12.1 Å². The number of fused-ring (bicyclic) bond motifs is 1. The summed E-state index contributed by atoms with van der Waals surface area (Å²) in [6.07, 6.45) is -4.68. The number of halogens is 3. The first kappa shape index (κ1) is 18.6. The van der Waals surface area contributed by atoms with Crippen molar-refractivity contribution in [2.75, 3.05) is 17.2 Å². The van der Waals surface area contributed by atoms with Gasteiger partial charge in [0, 0.05) is 5.69 Å². The Balaban J connectivity index is 1.72. The van der Waals surface area contributed by atoms with Crippen LogP contribution >= 0.6 is 0 Å². The van der Waals surface area contributed by atoms with Gasteiger partial charge in [-0.1, -0.05) is 17.7 Å². The Morgan fingerprint density at radius 3 is 2.41 bits per heavy atom. The molecule has 3 aromatic rings. The zero-order chi connectivity index (χ0) is 19.8. The molecule has 7 nitrogen and oxygen atoms in total. The van der Waals surface area contributed by atoms with Crippen LogP contribution < -0.4 is 10.6 Å². The van der Waals surface area contributed by atoms with Crippen LogP contribution in [0.25, 0.3) is 5.65 Å². The van der Waals surface area contributed by atoms with Crippen molar-refractivity contribution in [3.63, 3.8) is 0 Å². The quantitative estimate of drug-likeness (QED) is 0.729. The fourth-order valence-corrected chi connectivity index (χ4v) is 2.79. The van der Waals surface area contributed by atoms with Gasteiger partial charge in [-0.05, 0) is 44.0 Å². The average Bonchev–Trinajstić information content (AvgIpc) is 2.99. The number of alkyl halides is 3. The van der Waals surface area contributed by atoms with Crippen LogP contribution in [-0.4, -0.2) is 32.3 Å². The molecule has 2 heterocycles. The van der Waals surface area contributed by atoms with Crippen molar-refractivity contribution in [1.29, 1.82) is 0 Å². The SMILES string of the molecule is Cc1cc(C)c(NC(=O)CNc2ccc3nnc(C(F)(F)F)n3n2)c(C)c1. The van der Waals surface area contributed by atoms with E-state index in [0.717, 1.165) is 16.7 Å². The second-order valence-corrected chi connectivity index (χ2v) is 6.19. The third kappa shape index (κ3) is 3.99. The molecule has 0 aliphatic carbocycles. The van der Waals surface area contributed by atoms with Crippen LogP contribution in [0.1, 0.15) is 22.5 Å². The summed E-state index contributed by atoms with van der Waals surface area (Å²) in [5.41, 5.74) is 3.63. The van der Waals surface area contributed by atoms with E-state index in [0.29, 0.717) is 10.2 Å². The predicted molar refractivity (Wildman–Crippen MR) is 93.6 cm³/mol. The first-order chi connectivity index (χ1) is 12.6. The molecule has 10 heteroatoms. The minimum absolute atomic E-state index is 0.0387. The van der Waals surface area contributed by atoms with Crippen molar-refractivity contribution in [3.8, 4) is 0 Å². The standard InChI is InChI=1S/C17H17F3N6O/c1-9-6-10(2)15(11(3)7-9)22-14(27)8-21-12-4-5-13-23-24-16(17(18,19)20)26(13)25-12/h4-7H,8H2,1-3H3,(H,21,25)(H,22,27). The second kappa shape index (κ2) is 6.86. The van der Waals surface area contributed by atoms with E-state index in [-0.39, 0.29) is 23.9 Å². The highest BCUT2D eigenvalue weighted by Crippen LogP contribution is 2.27. The summed E-state index contributed by atoms with van der Waals surface area (Å²) in [6.45, 7) is 5.59. The van der Waals surface area contributed by atoms with E-state index < -0.39 is 12.0 Å². The van der Waals surface area contributed by atoms with Gasteiger partial charge in [0.15, 0.2) is 5.65 Å². The van der Waals surface area contributed by atoms with Gasteiger partial charge in [-0.15, -0.1) is 15.3 Å². The molecular formula is C17H17F3N6O. The molecule has 1 aromatic carbocycles. The van der Waals surface area contributed by atoms with E-state index in [1.807, 2.05) is 32.9 Å². The highest BCUT2D eigenvalue weighted by molar-refractivity contribution is 5.95.